The third-order valence-corrected chi connectivity index (χ3v) is 4.85. The molecule has 0 aliphatic heterocycles. The molecule has 4 N–H and O–H groups in total. The molecule has 148 valence electrons. The number of benzene rings is 4. The Bertz CT molecular complexity index is 1100. The van der Waals surface area contributed by atoms with Crippen LogP contribution in [-0.2, 0) is 6.42 Å². The summed E-state index contributed by atoms with van der Waals surface area (Å²) in [5.74, 6) is 0. The Morgan fingerprint density at radius 3 is 1.77 bits per heavy atom. The first-order chi connectivity index (χ1) is 14.8. The maximum atomic E-state index is 6.27. The summed E-state index contributed by atoms with van der Waals surface area (Å²) in [7, 11) is 0. The number of rotatable bonds is 7. The lowest BCUT2D eigenvalue weighted by atomic mass is 10.1. The fraction of sp³-hybridized carbons (Fsp3) is 0.0370. The van der Waals surface area contributed by atoms with E-state index in [0.29, 0.717) is 0 Å². The lowest BCUT2D eigenvalue weighted by Gasteiger charge is -2.16. The van der Waals surface area contributed by atoms with Crippen molar-refractivity contribution in [2.24, 2.45) is 5.73 Å². The zero-order chi connectivity index (χ0) is 20.6. The number of anilines is 4. The topological polar surface area (TPSA) is 50.1 Å². The van der Waals surface area contributed by atoms with E-state index in [9.17, 15) is 0 Å². The molecule has 3 heteroatoms. The van der Waals surface area contributed by atoms with Gasteiger partial charge in [-0.05, 0) is 53.9 Å². The van der Waals surface area contributed by atoms with Gasteiger partial charge in [-0.25, -0.2) is 0 Å². The molecule has 0 bridgehead atoms. The van der Waals surface area contributed by atoms with Crippen molar-refractivity contribution in [2.75, 3.05) is 10.6 Å². The fourth-order valence-corrected chi connectivity index (χ4v) is 3.26. The molecule has 30 heavy (non-hydrogen) atoms. The van der Waals surface area contributed by atoms with Gasteiger partial charge in [0.2, 0.25) is 0 Å². The van der Waals surface area contributed by atoms with E-state index in [1.807, 2.05) is 66.7 Å². The van der Waals surface area contributed by atoms with Crippen molar-refractivity contribution in [3.8, 4) is 0 Å². The monoisotopic (exact) mass is 391 g/mol. The average Bonchev–Trinajstić information content (AvgIpc) is 2.81. The standard InChI is InChI=1S/C27H25N3/c28-25(22-10-4-1-5-11-22)18-16-21-17-19-26(29-23-12-6-2-7-13-23)27(20-21)30-24-14-8-3-9-15-24/h1-15,17-20,29-30H,16,28H2/b25-18-. The van der Waals surface area contributed by atoms with Gasteiger partial charge in [0.1, 0.15) is 0 Å². The highest BCUT2D eigenvalue weighted by atomic mass is 15.0. The quantitative estimate of drug-likeness (QED) is 0.328. The summed E-state index contributed by atoms with van der Waals surface area (Å²) in [6.45, 7) is 0. The Morgan fingerprint density at radius 2 is 1.17 bits per heavy atom. The SMILES string of the molecule is N/C(=C\Cc1ccc(Nc2ccccc2)c(Nc2ccccc2)c1)c1ccccc1. The van der Waals surface area contributed by atoms with E-state index in [4.69, 9.17) is 5.73 Å². The molecule has 0 spiro atoms. The van der Waals surface area contributed by atoms with E-state index in [-0.39, 0.29) is 0 Å². The van der Waals surface area contributed by atoms with Crippen molar-refractivity contribution in [1.29, 1.82) is 0 Å². The maximum absolute atomic E-state index is 6.27. The Kier molecular flexibility index (Phi) is 6.11. The molecule has 4 aromatic carbocycles. The molecule has 0 radical (unpaired) electrons. The maximum Gasteiger partial charge on any atom is 0.0626 e. The van der Waals surface area contributed by atoms with Gasteiger partial charge in [0.25, 0.3) is 0 Å². The summed E-state index contributed by atoms with van der Waals surface area (Å²) in [6.07, 6.45) is 2.83. The van der Waals surface area contributed by atoms with Gasteiger partial charge in [0.05, 0.1) is 11.4 Å². The fourth-order valence-electron chi connectivity index (χ4n) is 3.26. The molecule has 0 amide bonds. The normalized spacial score (nSPS) is 11.1. The molecule has 0 aliphatic rings. The molecule has 4 aromatic rings. The van der Waals surface area contributed by atoms with E-state index >= 15 is 0 Å². The zero-order valence-corrected chi connectivity index (χ0v) is 16.8. The number of para-hydroxylation sites is 2. The highest BCUT2D eigenvalue weighted by Gasteiger charge is 2.06. The molecule has 0 unspecified atom stereocenters. The lowest BCUT2D eigenvalue weighted by molar-refractivity contribution is 1.26. The first-order valence-corrected chi connectivity index (χ1v) is 10.1. The van der Waals surface area contributed by atoms with Crippen LogP contribution in [0, 0.1) is 0 Å². The van der Waals surface area contributed by atoms with Gasteiger partial charge in [-0.1, -0.05) is 78.9 Å². The minimum Gasteiger partial charge on any atom is -0.398 e. The number of nitrogens with two attached hydrogens (primary N) is 1. The first-order valence-electron chi connectivity index (χ1n) is 10.1. The van der Waals surface area contributed by atoms with Crippen molar-refractivity contribution < 1.29 is 0 Å². The largest absolute Gasteiger partial charge is 0.398 e. The zero-order valence-electron chi connectivity index (χ0n) is 16.8. The van der Waals surface area contributed by atoms with Gasteiger partial charge >= 0.3 is 0 Å². The average molecular weight is 392 g/mol. The van der Waals surface area contributed by atoms with Crippen LogP contribution < -0.4 is 16.4 Å². The van der Waals surface area contributed by atoms with Gasteiger partial charge < -0.3 is 16.4 Å². The molecule has 0 fully saturated rings. The summed E-state index contributed by atoms with van der Waals surface area (Å²) in [6, 6.07) is 36.9. The predicted octanol–water partition coefficient (Wildman–Crippen LogP) is 6.72. The Balaban J connectivity index is 1.60. The smallest absolute Gasteiger partial charge is 0.0626 e. The summed E-state index contributed by atoms with van der Waals surface area (Å²) in [4.78, 5) is 0. The highest BCUT2D eigenvalue weighted by molar-refractivity contribution is 5.79. The summed E-state index contributed by atoms with van der Waals surface area (Å²) < 4.78 is 0. The van der Waals surface area contributed by atoms with Gasteiger partial charge in [0.15, 0.2) is 0 Å². The summed E-state index contributed by atoms with van der Waals surface area (Å²) in [5, 5.41) is 7.05. The third kappa shape index (κ3) is 5.09. The van der Waals surface area contributed by atoms with Gasteiger partial charge in [0, 0.05) is 17.1 Å². The number of hydrogen-bond acceptors (Lipinski definition) is 3. The molecule has 0 saturated heterocycles. The minimum atomic E-state index is 0.760. The van der Waals surface area contributed by atoms with Crippen LogP contribution in [0.4, 0.5) is 22.7 Å². The van der Waals surface area contributed by atoms with Crippen LogP contribution in [0.2, 0.25) is 0 Å². The molecule has 3 nitrogen and oxygen atoms in total. The third-order valence-electron chi connectivity index (χ3n) is 4.85. The van der Waals surface area contributed by atoms with Gasteiger partial charge in [-0.15, -0.1) is 0 Å². The van der Waals surface area contributed by atoms with E-state index in [1.165, 1.54) is 5.56 Å². The Labute approximate surface area is 177 Å². The molecule has 4 rings (SSSR count). The molecule has 0 aromatic heterocycles. The molecule has 0 aliphatic carbocycles. The minimum absolute atomic E-state index is 0.760. The van der Waals surface area contributed by atoms with Crippen molar-refractivity contribution >= 4 is 28.4 Å². The second-order valence-electron chi connectivity index (χ2n) is 7.09. The van der Waals surface area contributed by atoms with Crippen LogP contribution in [0.1, 0.15) is 11.1 Å². The van der Waals surface area contributed by atoms with E-state index in [1.54, 1.807) is 0 Å². The van der Waals surface area contributed by atoms with E-state index < -0.39 is 0 Å². The van der Waals surface area contributed by atoms with Crippen molar-refractivity contribution in [3.05, 3.63) is 126 Å². The molecular weight excluding hydrogens is 366 g/mol. The lowest BCUT2D eigenvalue weighted by Crippen LogP contribution is -2.00. The number of nitrogens with one attached hydrogen (secondary N) is 2. The van der Waals surface area contributed by atoms with Crippen LogP contribution >= 0.6 is 0 Å². The molecule has 0 saturated carbocycles. The second kappa shape index (κ2) is 9.48. The van der Waals surface area contributed by atoms with E-state index in [0.717, 1.165) is 40.4 Å². The molecule has 0 atom stereocenters. The predicted molar refractivity (Wildman–Crippen MR) is 128 cm³/mol. The number of hydrogen-bond donors (Lipinski definition) is 3. The number of allylic oxidation sites excluding steroid dienone is 1. The van der Waals surface area contributed by atoms with Crippen LogP contribution in [0.3, 0.4) is 0 Å². The highest BCUT2D eigenvalue weighted by Crippen LogP contribution is 2.30. The van der Waals surface area contributed by atoms with Crippen LogP contribution in [0.25, 0.3) is 5.70 Å². The van der Waals surface area contributed by atoms with Crippen molar-refractivity contribution in [2.45, 2.75) is 6.42 Å². The summed E-state index contributed by atoms with van der Waals surface area (Å²) in [5.41, 5.74) is 13.4. The molecular formula is C27H25N3. The van der Waals surface area contributed by atoms with Crippen LogP contribution in [0.15, 0.2) is 115 Å². The Hall–Kier alpha value is -3.98. The van der Waals surface area contributed by atoms with Crippen LogP contribution in [-0.4, -0.2) is 0 Å². The molecule has 0 heterocycles. The Morgan fingerprint density at radius 1 is 0.633 bits per heavy atom. The first kappa shape index (κ1) is 19.3. The van der Waals surface area contributed by atoms with Crippen LogP contribution in [0.5, 0.6) is 0 Å². The van der Waals surface area contributed by atoms with Crippen molar-refractivity contribution in [3.63, 3.8) is 0 Å². The van der Waals surface area contributed by atoms with E-state index in [2.05, 4.69) is 59.2 Å². The van der Waals surface area contributed by atoms with Gasteiger partial charge in [-0.3, -0.25) is 0 Å². The van der Waals surface area contributed by atoms with Crippen molar-refractivity contribution in [1.82, 2.24) is 0 Å². The summed E-state index contributed by atoms with van der Waals surface area (Å²) >= 11 is 0. The van der Waals surface area contributed by atoms with Gasteiger partial charge in [-0.2, -0.15) is 0 Å². The second-order valence-corrected chi connectivity index (χ2v) is 7.09.